The Morgan fingerprint density at radius 1 is 1.29 bits per heavy atom. The molecule has 1 amide bonds. The number of aromatic nitrogens is 2. The first-order valence-corrected chi connectivity index (χ1v) is 8.37. The summed E-state index contributed by atoms with van der Waals surface area (Å²) >= 11 is 0. The van der Waals surface area contributed by atoms with E-state index in [9.17, 15) is 4.79 Å². The van der Waals surface area contributed by atoms with Gasteiger partial charge in [-0.05, 0) is 38.8 Å². The highest BCUT2D eigenvalue weighted by Crippen LogP contribution is 2.32. The molecule has 124 valence electrons. The molecule has 1 aliphatic heterocycles. The molecule has 1 aromatic carbocycles. The number of hydrogen-bond donors (Lipinski definition) is 0. The molecule has 1 aliphatic rings. The van der Waals surface area contributed by atoms with E-state index in [1.807, 2.05) is 40.8 Å². The first-order valence-electron chi connectivity index (χ1n) is 8.37. The third-order valence-electron chi connectivity index (χ3n) is 4.86. The van der Waals surface area contributed by atoms with Crippen LogP contribution in [0.5, 0.6) is 0 Å². The van der Waals surface area contributed by atoms with Crippen molar-refractivity contribution < 1.29 is 9.21 Å². The highest BCUT2D eigenvalue weighted by molar-refractivity contribution is 5.97. The summed E-state index contributed by atoms with van der Waals surface area (Å²) in [4.78, 5) is 14.9. The van der Waals surface area contributed by atoms with Crippen LogP contribution in [-0.2, 0) is 11.2 Å². The van der Waals surface area contributed by atoms with Gasteiger partial charge in [-0.25, -0.2) is 4.68 Å². The van der Waals surface area contributed by atoms with Crippen LogP contribution >= 0.6 is 0 Å². The Hall–Kier alpha value is -2.56. The van der Waals surface area contributed by atoms with E-state index >= 15 is 0 Å². The average molecular weight is 323 g/mol. The van der Waals surface area contributed by atoms with Crippen molar-refractivity contribution in [2.75, 3.05) is 4.90 Å². The van der Waals surface area contributed by atoms with Crippen molar-refractivity contribution in [2.45, 2.75) is 45.7 Å². The molecule has 4 rings (SSSR count). The Kier molecular flexibility index (Phi) is 3.44. The summed E-state index contributed by atoms with van der Waals surface area (Å²) in [6.45, 7) is 6.27. The molecule has 0 saturated carbocycles. The Morgan fingerprint density at radius 3 is 2.96 bits per heavy atom. The number of carbonyl (C=O) groups is 1. The highest BCUT2D eigenvalue weighted by Gasteiger charge is 2.32. The van der Waals surface area contributed by atoms with E-state index in [-0.39, 0.29) is 11.9 Å². The minimum Gasteiger partial charge on any atom is -0.464 e. The van der Waals surface area contributed by atoms with E-state index in [1.54, 1.807) is 12.5 Å². The van der Waals surface area contributed by atoms with Gasteiger partial charge in [-0.2, -0.15) is 5.10 Å². The fourth-order valence-electron chi connectivity index (χ4n) is 3.71. The number of nitrogens with zero attached hydrogens (tertiary/aromatic N) is 3. The number of aryl methyl sites for hydroxylation is 1. The molecule has 3 heterocycles. The van der Waals surface area contributed by atoms with Crippen molar-refractivity contribution in [3.8, 4) is 0 Å². The summed E-state index contributed by atoms with van der Waals surface area (Å²) < 4.78 is 7.57. The van der Waals surface area contributed by atoms with E-state index in [1.165, 1.54) is 0 Å². The monoisotopic (exact) mass is 323 g/mol. The number of anilines is 1. The Labute approximate surface area is 140 Å². The lowest BCUT2D eigenvalue weighted by Crippen LogP contribution is -2.45. The molecule has 2 atom stereocenters. The second-order valence-electron chi connectivity index (χ2n) is 6.77. The van der Waals surface area contributed by atoms with Crippen molar-refractivity contribution in [1.29, 1.82) is 0 Å². The maximum atomic E-state index is 13.0. The van der Waals surface area contributed by atoms with Crippen LogP contribution in [0.1, 0.15) is 37.4 Å². The molecule has 5 nitrogen and oxygen atoms in total. The average Bonchev–Trinajstić information content (AvgIpc) is 3.15. The van der Waals surface area contributed by atoms with Crippen molar-refractivity contribution >= 4 is 22.7 Å². The lowest BCUT2D eigenvalue weighted by Gasteiger charge is -2.37. The van der Waals surface area contributed by atoms with Crippen LogP contribution in [-0.4, -0.2) is 21.7 Å². The number of rotatable bonds is 2. The largest absolute Gasteiger partial charge is 0.464 e. The molecule has 0 fully saturated rings. The van der Waals surface area contributed by atoms with Crippen molar-refractivity contribution in [3.05, 3.63) is 47.9 Å². The summed E-state index contributed by atoms with van der Waals surface area (Å²) in [5, 5.41) is 5.38. The maximum Gasteiger partial charge on any atom is 0.232 e. The fraction of sp³-hybridized carbons (Fsp3) is 0.368. The molecule has 0 unspecified atom stereocenters. The summed E-state index contributed by atoms with van der Waals surface area (Å²) in [5.74, 6) is 0.967. The number of fused-ring (bicyclic) bond motifs is 2. The predicted octanol–water partition coefficient (Wildman–Crippen LogP) is 3.87. The third-order valence-corrected chi connectivity index (χ3v) is 4.86. The highest BCUT2D eigenvalue weighted by atomic mass is 16.3. The molecule has 0 spiro atoms. The van der Waals surface area contributed by atoms with Gasteiger partial charge in [0.25, 0.3) is 0 Å². The lowest BCUT2D eigenvalue weighted by atomic mass is 10.0. The first-order chi connectivity index (χ1) is 11.5. The van der Waals surface area contributed by atoms with Gasteiger partial charge in [0, 0.05) is 23.1 Å². The second-order valence-corrected chi connectivity index (χ2v) is 6.77. The molecule has 0 radical (unpaired) electrons. The van der Waals surface area contributed by atoms with Gasteiger partial charge in [0.1, 0.15) is 11.4 Å². The van der Waals surface area contributed by atoms with Crippen molar-refractivity contribution in [3.63, 3.8) is 0 Å². The van der Waals surface area contributed by atoms with E-state index in [0.717, 1.165) is 34.3 Å². The molecule has 0 bridgehead atoms. The molecule has 2 aromatic heterocycles. The topological polar surface area (TPSA) is 51.3 Å². The molecular weight excluding hydrogens is 302 g/mol. The molecule has 24 heavy (non-hydrogen) atoms. The zero-order valence-corrected chi connectivity index (χ0v) is 14.2. The van der Waals surface area contributed by atoms with Crippen LogP contribution in [0.2, 0.25) is 0 Å². The van der Waals surface area contributed by atoms with Crippen LogP contribution in [0.4, 0.5) is 5.82 Å². The van der Waals surface area contributed by atoms with Crippen LogP contribution < -0.4 is 4.90 Å². The normalized spacial score (nSPS) is 20.4. The molecule has 0 N–H and O–H groups in total. The predicted molar refractivity (Wildman–Crippen MR) is 93.2 cm³/mol. The summed E-state index contributed by atoms with van der Waals surface area (Å²) in [7, 11) is 0. The van der Waals surface area contributed by atoms with Gasteiger partial charge in [-0.1, -0.05) is 12.1 Å². The summed E-state index contributed by atoms with van der Waals surface area (Å²) in [6, 6.07) is 8.48. The molecule has 0 saturated heterocycles. The number of hydrogen-bond acceptors (Lipinski definition) is 3. The molecule has 0 aliphatic carbocycles. The van der Waals surface area contributed by atoms with E-state index in [0.29, 0.717) is 12.5 Å². The smallest absolute Gasteiger partial charge is 0.232 e. The second kappa shape index (κ2) is 5.51. The first kappa shape index (κ1) is 15.0. The number of amides is 1. The number of benzene rings is 1. The number of furan rings is 1. The minimum atomic E-state index is 0.0828. The van der Waals surface area contributed by atoms with Gasteiger partial charge in [-0.3, -0.25) is 9.69 Å². The van der Waals surface area contributed by atoms with Gasteiger partial charge >= 0.3 is 0 Å². The Balaban J connectivity index is 1.65. The van der Waals surface area contributed by atoms with Gasteiger partial charge in [0.2, 0.25) is 5.91 Å². The molecule has 3 aromatic rings. The van der Waals surface area contributed by atoms with Crippen molar-refractivity contribution in [2.24, 2.45) is 0 Å². The maximum absolute atomic E-state index is 13.0. The zero-order valence-electron chi connectivity index (χ0n) is 14.2. The minimum absolute atomic E-state index is 0.0828. The molecular formula is C19H21N3O2. The third kappa shape index (κ3) is 2.31. The SMILES string of the molecule is Cc1ccc2c(CC(=O)N3c4ccnn4[C@@H](C)C[C@H]3C)coc2c1. The standard InChI is InChI=1S/C19H21N3O2/c1-12-4-5-16-15(11-24-17(16)8-12)10-19(23)21-13(2)9-14(3)22-18(21)6-7-20-22/h4-8,11,13-14H,9-10H2,1-3H3/t13-,14+/m1/s1. The Bertz CT molecular complexity index is 908. The van der Waals surface area contributed by atoms with Gasteiger partial charge < -0.3 is 4.42 Å². The van der Waals surface area contributed by atoms with E-state index < -0.39 is 0 Å². The van der Waals surface area contributed by atoms with E-state index in [4.69, 9.17) is 4.42 Å². The van der Waals surface area contributed by atoms with Crippen LogP contribution in [0.25, 0.3) is 11.0 Å². The Morgan fingerprint density at radius 2 is 2.12 bits per heavy atom. The lowest BCUT2D eigenvalue weighted by molar-refractivity contribution is -0.118. The van der Waals surface area contributed by atoms with Gasteiger partial charge in [0.05, 0.1) is 24.9 Å². The van der Waals surface area contributed by atoms with Crippen molar-refractivity contribution in [1.82, 2.24) is 9.78 Å². The quantitative estimate of drug-likeness (QED) is 0.719. The van der Waals surface area contributed by atoms with Gasteiger partial charge in [-0.15, -0.1) is 0 Å². The van der Waals surface area contributed by atoms with Crippen LogP contribution in [0.3, 0.4) is 0 Å². The van der Waals surface area contributed by atoms with E-state index in [2.05, 4.69) is 18.9 Å². The summed E-state index contributed by atoms with van der Waals surface area (Å²) in [6.07, 6.45) is 4.71. The van der Waals surface area contributed by atoms with Crippen LogP contribution in [0, 0.1) is 6.92 Å². The fourth-order valence-corrected chi connectivity index (χ4v) is 3.71. The van der Waals surface area contributed by atoms with Gasteiger partial charge in [0.15, 0.2) is 0 Å². The number of carbonyl (C=O) groups excluding carboxylic acids is 1. The summed E-state index contributed by atoms with van der Waals surface area (Å²) in [5.41, 5.74) is 2.92. The zero-order chi connectivity index (χ0) is 16.8. The molecule has 5 heteroatoms. The van der Waals surface area contributed by atoms with Crippen LogP contribution in [0.15, 0.2) is 41.1 Å².